The summed E-state index contributed by atoms with van der Waals surface area (Å²) in [6.07, 6.45) is 2.77. The summed E-state index contributed by atoms with van der Waals surface area (Å²) in [6.45, 7) is 2.70. The largest absolute Gasteiger partial charge is 0.491 e. The van der Waals surface area contributed by atoms with E-state index in [1.54, 1.807) is 18.2 Å². The van der Waals surface area contributed by atoms with E-state index in [1.165, 1.54) is 7.11 Å². The van der Waals surface area contributed by atoms with E-state index in [2.05, 4.69) is 4.90 Å². The number of hydrogen-bond acceptors (Lipinski definition) is 4. The fraction of sp³-hybridized carbons (Fsp3) is 0.400. The fourth-order valence-corrected chi connectivity index (χ4v) is 2.62. The third-order valence-electron chi connectivity index (χ3n) is 3.24. The van der Waals surface area contributed by atoms with Crippen LogP contribution in [0.2, 0.25) is 10.0 Å². The summed E-state index contributed by atoms with van der Waals surface area (Å²) in [6, 6.07) is 5.14. The van der Waals surface area contributed by atoms with Gasteiger partial charge in [-0.1, -0.05) is 29.3 Å². The van der Waals surface area contributed by atoms with Crippen LogP contribution in [0.1, 0.15) is 6.42 Å². The molecule has 0 saturated carbocycles. The van der Waals surface area contributed by atoms with Crippen molar-refractivity contribution in [3.8, 4) is 5.75 Å². The molecule has 0 saturated heterocycles. The van der Waals surface area contributed by atoms with Crippen molar-refractivity contribution in [2.24, 2.45) is 0 Å². The summed E-state index contributed by atoms with van der Waals surface area (Å²) < 4.78 is 10.4. The Hall–Kier alpha value is -1.23. The van der Waals surface area contributed by atoms with E-state index in [1.807, 2.05) is 6.08 Å². The zero-order valence-corrected chi connectivity index (χ0v) is 13.3. The Kier molecular flexibility index (Phi) is 5.91. The summed E-state index contributed by atoms with van der Waals surface area (Å²) >= 11 is 11.9. The Balaban J connectivity index is 1.81. The molecule has 6 heteroatoms. The SMILES string of the molecule is COC(=O)C1=CCCN(CCOc2ccc(Cl)cc2Cl)C1. The second kappa shape index (κ2) is 7.69. The molecule has 0 N–H and O–H groups in total. The molecular weight excluding hydrogens is 313 g/mol. The first-order valence-corrected chi connectivity index (χ1v) is 7.43. The standard InChI is InChI=1S/C15H17Cl2NO3/c1-20-15(19)11-3-2-6-18(10-11)7-8-21-14-5-4-12(16)9-13(14)17/h3-5,9H,2,6-8,10H2,1H3. The molecule has 114 valence electrons. The summed E-state index contributed by atoms with van der Waals surface area (Å²) in [7, 11) is 1.40. The minimum absolute atomic E-state index is 0.263. The zero-order chi connectivity index (χ0) is 15.2. The van der Waals surface area contributed by atoms with E-state index in [-0.39, 0.29) is 5.97 Å². The quantitative estimate of drug-likeness (QED) is 0.778. The second-order valence-electron chi connectivity index (χ2n) is 4.71. The van der Waals surface area contributed by atoms with Crippen LogP contribution in [0.5, 0.6) is 5.75 Å². The molecule has 0 atom stereocenters. The third kappa shape index (κ3) is 4.63. The number of carbonyl (C=O) groups excluding carboxylic acids is 1. The molecule has 1 aliphatic heterocycles. The zero-order valence-electron chi connectivity index (χ0n) is 11.8. The van der Waals surface area contributed by atoms with Gasteiger partial charge >= 0.3 is 5.97 Å². The van der Waals surface area contributed by atoms with Crippen molar-refractivity contribution in [2.45, 2.75) is 6.42 Å². The van der Waals surface area contributed by atoms with Crippen LogP contribution in [-0.4, -0.2) is 44.2 Å². The highest BCUT2D eigenvalue weighted by atomic mass is 35.5. The lowest BCUT2D eigenvalue weighted by molar-refractivity contribution is -0.136. The van der Waals surface area contributed by atoms with Crippen LogP contribution in [0.3, 0.4) is 0 Å². The maximum atomic E-state index is 11.5. The fourth-order valence-electron chi connectivity index (χ4n) is 2.15. The average molecular weight is 330 g/mol. The van der Waals surface area contributed by atoms with Gasteiger partial charge in [-0.05, 0) is 24.6 Å². The summed E-state index contributed by atoms with van der Waals surface area (Å²) in [4.78, 5) is 13.7. The lowest BCUT2D eigenvalue weighted by atomic mass is 10.1. The topological polar surface area (TPSA) is 38.8 Å². The van der Waals surface area contributed by atoms with Gasteiger partial charge in [-0.3, -0.25) is 4.90 Å². The number of carbonyl (C=O) groups is 1. The minimum Gasteiger partial charge on any atom is -0.491 e. The normalized spacial score (nSPS) is 15.5. The van der Waals surface area contributed by atoms with Crippen LogP contribution >= 0.6 is 23.2 Å². The first kappa shape index (κ1) is 16.1. The molecule has 1 heterocycles. The number of hydrogen-bond donors (Lipinski definition) is 0. The van der Waals surface area contributed by atoms with Crippen molar-refractivity contribution in [3.05, 3.63) is 39.9 Å². The highest BCUT2D eigenvalue weighted by Gasteiger charge is 2.18. The van der Waals surface area contributed by atoms with Gasteiger partial charge in [-0.2, -0.15) is 0 Å². The van der Waals surface area contributed by atoms with Gasteiger partial charge in [0.2, 0.25) is 0 Å². The van der Waals surface area contributed by atoms with Crippen molar-refractivity contribution < 1.29 is 14.3 Å². The number of benzene rings is 1. The molecule has 21 heavy (non-hydrogen) atoms. The predicted octanol–water partition coefficient (Wildman–Crippen LogP) is 3.18. The maximum Gasteiger partial charge on any atom is 0.334 e. The monoisotopic (exact) mass is 329 g/mol. The predicted molar refractivity (Wildman–Crippen MR) is 83.1 cm³/mol. The van der Waals surface area contributed by atoms with Gasteiger partial charge in [0.05, 0.1) is 12.1 Å². The van der Waals surface area contributed by atoms with E-state index >= 15 is 0 Å². The molecule has 0 aromatic heterocycles. The number of rotatable bonds is 5. The molecule has 0 amide bonds. The average Bonchev–Trinajstić information content (AvgIpc) is 2.49. The lowest BCUT2D eigenvalue weighted by Gasteiger charge is -2.26. The van der Waals surface area contributed by atoms with Gasteiger partial charge in [0.25, 0.3) is 0 Å². The number of esters is 1. The van der Waals surface area contributed by atoms with Gasteiger partial charge < -0.3 is 9.47 Å². The molecule has 0 fully saturated rings. The van der Waals surface area contributed by atoms with Crippen molar-refractivity contribution in [1.82, 2.24) is 4.90 Å². The minimum atomic E-state index is -0.263. The Bertz CT molecular complexity index is 546. The smallest absolute Gasteiger partial charge is 0.334 e. The van der Waals surface area contributed by atoms with Crippen molar-refractivity contribution in [2.75, 3.05) is 33.4 Å². The summed E-state index contributed by atoms with van der Waals surface area (Å²) in [5.74, 6) is 0.350. The van der Waals surface area contributed by atoms with Gasteiger partial charge in [0, 0.05) is 30.2 Å². The van der Waals surface area contributed by atoms with Crippen molar-refractivity contribution in [3.63, 3.8) is 0 Å². The first-order valence-electron chi connectivity index (χ1n) is 6.67. The van der Waals surface area contributed by atoms with E-state index in [0.29, 0.717) is 41.1 Å². The maximum absolute atomic E-state index is 11.5. The number of halogens is 2. The van der Waals surface area contributed by atoms with Gasteiger partial charge in [0.1, 0.15) is 12.4 Å². The Morgan fingerprint density at radius 3 is 2.90 bits per heavy atom. The van der Waals surface area contributed by atoms with E-state index < -0.39 is 0 Å². The van der Waals surface area contributed by atoms with Gasteiger partial charge in [0.15, 0.2) is 0 Å². The van der Waals surface area contributed by atoms with Crippen LogP contribution in [0.25, 0.3) is 0 Å². The highest BCUT2D eigenvalue weighted by Crippen LogP contribution is 2.27. The summed E-state index contributed by atoms with van der Waals surface area (Å²) in [5.41, 5.74) is 0.702. The molecule has 0 unspecified atom stereocenters. The summed E-state index contributed by atoms with van der Waals surface area (Å²) in [5, 5.41) is 1.08. The Morgan fingerprint density at radius 1 is 1.38 bits per heavy atom. The van der Waals surface area contributed by atoms with Crippen LogP contribution in [-0.2, 0) is 9.53 Å². The molecule has 0 spiro atoms. The molecular formula is C15H17Cl2NO3. The molecule has 4 nitrogen and oxygen atoms in total. The van der Waals surface area contributed by atoms with Crippen molar-refractivity contribution >= 4 is 29.2 Å². The molecule has 1 aromatic rings. The number of methoxy groups -OCH3 is 1. The third-order valence-corrected chi connectivity index (χ3v) is 3.77. The van der Waals surface area contributed by atoms with Gasteiger partial charge in [-0.25, -0.2) is 4.79 Å². The Labute approximate surface area is 134 Å². The Morgan fingerprint density at radius 2 is 2.19 bits per heavy atom. The van der Waals surface area contributed by atoms with Crippen LogP contribution < -0.4 is 4.74 Å². The second-order valence-corrected chi connectivity index (χ2v) is 5.55. The van der Waals surface area contributed by atoms with Gasteiger partial charge in [-0.15, -0.1) is 0 Å². The highest BCUT2D eigenvalue weighted by molar-refractivity contribution is 6.35. The molecule has 0 bridgehead atoms. The molecule has 1 aromatic carbocycles. The molecule has 0 radical (unpaired) electrons. The van der Waals surface area contributed by atoms with E-state index in [4.69, 9.17) is 32.7 Å². The number of nitrogens with zero attached hydrogens (tertiary/aromatic N) is 1. The van der Waals surface area contributed by atoms with Crippen LogP contribution in [0.4, 0.5) is 0 Å². The van der Waals surface area contributed by atoms with E-state index in [9.17, 15) is 4.79 Å². The molecule has 1 aliphatic rings. The lowest BCUT2D eigenvalue weighted by Crippen LogP contribution is -2.35. The molecule has 2 rings (SSSR count). The van der Waals surface area contributed by atoms with Crippen molar-refractivity contribution in [1.29, 1.82) is 0 Å². The first-order chi connectivity index (χ1) is 10.1. The van der Waals surface area contributed by atoms with E-state index in [0.717, 1.165) is 13.0 Å². The van der Waals surface area contributed by atoms with Crippen LogP contribution in [0.15, 0.2) is 29.8 Å². The molecule has 0 aliphatic carbocycles. The van der Waals surface area contributed by atoms with Crippen LogP contribution in [0, 0.1) is 0 Å². The number of ether oxygens (including phenoxy) is 2.